The van der Waals surface area contributed by atoms with Crippen molar-refractivity contribution in [1.29, 1.82) is 0 Å². The first-order chi connectivity index (χ1) is 56.6. The van der Waals surface area contributed by atoms with Gasteiger partial charge in [0, 0.05) is 167 Å². The van der Waals surface area contributed by atoms with Crippen molar-refractivity contribution >= 4 is 125 Å². The fraction of sp³-hybridized carbons (Fsp3) is 0.154. The van der Waals surface area contributed by atoms with Gasteiger partial charge < -0.3 is 30.6 Å². The van der Waals surface area contributed by atoms with Crippen molar-refractivity contribution in [2.45, 2.75) is 0 Å². The van der Waals surface area contributed by atoms with Crippen LogP contribution in [-0.2, 0) is 81.7 Å². The van der Waals surface area contributed by atoms with Crippen LogP contribution in [0.25, 0.3) is 43.6 Å². The molecule has 8 aromatic carbocycles. The van der Waals surface area contributed by atoms with Crippen molar-refractivity contribution in [3.05, 3.63) is 313 Å². The van der Waals surface area contributed by atoms with Gasteiger partial charge in [0.1, 0.15) is 0 Å². The van der Waals surface area contributed by atoms with Gasteiger partial charge in [-0.15, -0.1) is 0 Å². The van der Waals surface area contributed by atoms with Crippen LogP contribution in [0.2, 0.25) is 0 Å². The van der Waals surface area contributed by atoms with Crippen LogP contribution in [0.1, 0.15) is 33.4 Å². The zero-order valence-electron chi connectivity index (χ0n) is 66.5. The van der Waals surface area contributed by atoms with E-state index < -0.39 is 81.9 Å². The predicted molar refractivity (Wildman–Crippen MR) is 442 cm³/mol. The Labute approximate surface area is 759 Å². The molecule has 0 saturated carbocycles. The Kier molecular flexibility index (Phi) is 48.6. The average molecular weight is 2020 g/mol. The Bertz CT molecular complexity index is 4750. The van der Waals surface area contributed by atoms with E-state index in [9.17, 15) is 58.0 Å². The molecule has 120 heavy (non-hydrogen) atoms. The third kappa shape index (κ3) is 35.3. The molecule has 0 atom stereocenters. The number of nitrogens with zero attached hydrogens (tertiary/aromatic N) is 10. The number of rotatable bonds is 24. The summed E-state index contributed by atoms with van der Waals surface area (Å²) in [6.45, 7) is 0. The minimum atomic E-state index is -3.63. The molecule has 0 spiro atoms. The van der Waals surface area contributed by atoms with Gasteiger partial charge in [-0.05, 0) is 57.6 Å². The van der Waals surface area contributed by atoms with E-state index in [2.05, 4.69) is 151 Å². The second-order valence-corrected chi connectivity index (χ2v) is 33.3. The second kappa shape index (κ2) is 55.0. The number of pyridine rings is 4. The molecule has 0 bridgehead atoms. The SMILES string of the molecule is COP(=O)(/N=C(\[O-])c1ccccc1)OC.COP(=O)(/N=C(\[O-])c1ccccc1)OC.COP(=O)(/N=C(\[O-])c1ccccc1)OC.COP(=O)(/N=C(\[O-])c1ccccc1)OC.COP(=O)(/N=C(\[O-])c1ccccc1)OC.COP(=O)(/N=C(\[O-])c1ccccc1)OC.[Nd+3].[Nd+3].c1cnc2c(c1)ccc1cccnc12.c1cnc2c(c1)ccc1cccnc12. The van der Waals surface area contributed by atoms with Crippen LogP contribution in [0, 0.1) is 81.7 Å². The first-order valence-corrected chi connectivity index (χ1v) is 43.0. The first-order valence-electron chi connectivity index (χ1n) is 34.0. The van der Waals surface area contributed by atoms with Gasteiger partial charge in [0.15, 0.2) is 0 Å². The average Bonchev–Trinajstić information content (AvgIpc) is 0.800. The van der Waals surface area contributed by atoms with Gasteiger partial charge in [-0.3, -0.25) is 74.2 Å². The molecule has 0 aliphatic heterocycles. The van der Waals surface area contributed by atoms with Crippen LogP contribution >= 0.6 is 46.5 Å². The summed E-state index contributed by atoms with van der Waals surface area (Å²) in [5.74, 6) is -3.74. The molecule has 34 nitrogen and oxygen atoms in total. The van der Waals surface area contributed by atoms with Crippen LogP contribution < -0.4 is 30.6 Å². The van der Waals surface area contributed by atoms with Gasteiger partial charge >= 0.3 is 128 Å². The maximum absolute atomic E-state index is 11.5. The molecule has 0 amide bonds. The maximum Gasteiger partial charge on any atom is 3.00 e. The normalized spacial score (nSPS) is 12.1. The van der Waals surface area contributed by atoms with Gasteiger partial charge in [0.2, 0.25) is 0 Å². The fourth-order valence-corrected chi connectivity index (χ4v) is 12.7. The molecule has 12 rings (SSSR count). The summed E-state index contributed by atoms with van der Waals surface area (Å²) in [6.07, 6.45) is 7.21. The zero-order valence-corrected chi connectivity index (χ0v) is 78.3. The Hall–Kier alpha value is -8.18. The van der Waals surface area contributed by atoms with E-state index in [1.165, 1.54) is 85.3 Å². The molecule has 4 aromatic heterocycles. The predicted octanol–water partition coefficient (Wildman–Crippen LogP) is 12.7. The molecule has 0 aliphatic carbocycles. The van der Waals surface area contributed by atoms with Crippen LogP contribution in [0.3, 0.4) is 0 Å². The number of aromatic nitrogens is 4. The maximum atomic E-state index is 11.5. The Balaban J connectivity index is 0.000000354. The molecule has 42 heteroatoms. The molecular weight excluding hydrogens is 1940 g/mol. The van der Waals surface area contributed by atoms with Crippen molar-refractivity contribution in [2.24, 2.45) is 28.6 Å². The molecule has 12 aromatic rings. The number of hydrogen-bond acceptors (Lipinski definition) is 28. The molecule has 0 fully saturated rings. The number of fused-ring (bicyclic) bond motifs is 6. The Morgan fingerprint density at radius 2 is 0.333 bits per heavy atom. The van der Waals surface area contributed by atoms with E-state index in [4.69, 9.17) is 0 Å². The summed E-state index contributed by atoms with van der Waals surface area (Å²) in [5, 5.41) is 73.4. The largest absolute Gasteiger partial charge is 3.00 e. The third-order valence-corrected chi connectivity index (χ3v) is 23.0. The molecule has 0 N–H and O–H groups in total. The molecule has 626 valence electrons. The van der Waals surface area contributed by atoms with Crippen molar-refractivity contribution in [2.75, 3.05) is 85.3 Å². The minimum Gasteiger partial charge on any atom is -0.858 e. The number of hydrogen-bond donors (Lipinski definition) is 0. The van der Waals surface area contributed by atoms with Crippen LogP contribution in [-0.4, -0.2) is 141 Å². The van der Waals surface area contributed by atoms with Gasteiger partial charge in [-0.1, -0.05) is 231 Å². The molecule has 2 radical (unpaired) electrons. The van der Waals surface area contributed by atoms with Crippen LogP contribution in [0.5, 0.6) is 0 Å². The molecule has 0 aliphatic rings. The fourth-order valence-electron chi connectivity index (χ4n) is 8.79. The summed E-state index contributed by atoms with van der Waals surface area (Å²) in [4.78, 5) is 17.4. The van der Waals surface area contributed by atoms with E-state index >= 15 is 0 Å². The van der Waals surface area contributed by atoms with Crippen molar-refractivity contribution in [3.63, 3.8) is 0 Å². The van der Waals surface area contributed by atoms with Crippen LogP contribution in [0.15, 0.2) is 308 Å². The quantitative estimate of drug-likeness (QED) is 0.0235. The summed E-state index contributed by atoms with van der Waals surface area (Å²) >= 11 is 0. The topological polar surface area (TPSA) is 477 Å². The Morgan fingerprint density at radius 1 is 0.208 bits per heavy atom. The Morgan fingerprint density at radius 3 is 0.450 bits per heavy atom. The molecule has 0 unspecified atom stereocenters. The number of benzene rings is 8. The van der Waals surface area contributed by atoms with Crippen molar-refractivity contribution in [1.82, 2.24) is 19.9 Å². The summed E-state index contributed by atoms with van der Waals surface area (Å²) in [6, 6.07) is 74.0. The van der Waals surface area contributed by atoms with E-state index in [0.717, 1.165) is 43.6 Å². The van der Waals surface area contributed by atoms with Gasteiger partial charge in [0.25, 0.3) is 0 Å². The van der Waals surface area contributed by atoms with Gasteiger partial charge in [-0.25, -0.2) is 27.4 Å². The van der Waals surface area contributed by atoms with Gasteiger partial charge in [0.05, 0.1) is 22.1 Å². The summed E-state index contributed by atoms with van der Waals surface area (Å²) in [5.41, 5.74) is 5.95. The molecule has 4 heterocycles. The zero-order chi connectivity index (χ0) is 86.6. The summed E-state index contributed by atoms with van der Waals surface area (Å²) in [7, 11) is -7.69. The van der Waals surface area contributed by atoms with Crippen molar-refractivity contribution < 1.29 is 194 Å². The standard InChI is InChI=1S/2C12H8N2.6C9H12NO4P.2Nd/c2*1-3-9-5-6-10-4-2-8-14-12(10)11(9)13-7-1;6*1-13-15(12,14-2)10-9(11)8-6-4-3-5-7-8;;/h2*1-8H;6*3-7H,1-2H3,(H,10,11,12);;/q;;;;;;;;2*+3/p-6. The van der Waals surface area contributed by atoms with Crippen molar-refractivity contribution in [3.8, 4) is 0 Å². The van der Waals surface area contributed by atoms with E-state index in [0.29, 0.717) is 33.4 Å². The van der Waals surface area contributed by atoms with Crippen LogP contribution in [0.4, 0.5) is 0 Å². The monoisotopic (exact) mass is 2010 g/mol. The molecule has 0 saturated heterocycles. The molecular formula is C78H82N10Nd2O24P6. The van der Waals surface area contributed by atoms with E-state index in [1.54, 1.807) is 207 Å². The second-order valence-electron chi connectivity index (χ2n) is 22.1. The first kappa shape index (κ1) is 106. The van der Waals surface area contributed by atoms with E-state index in [1.807, 2.05) is 24.3 Å². The summed E-state index contributed by atoms with van der Waals surface area (Å²) < 4.78 is 144. The smallest absolute Gasteiger partial charge is 0.858 e. The van der Waals surface area contributed by atoms with E-state index in [-0.39, 0.29) is 81.7 Å². The minimum absolute atomic E-state index is 0. The van der Waals surface area contributed by atoms with Gasteiger partial charge in [-0.2, -0.15) is 28.6 Å². The third-order valence-electron chi connectivity index (χ3n) is 14.9.